The SMILES string of the molecule is O=C1/C(=C\c2ccc(-c3ccccc3Cl)o2)SC(=S)N1N1CCOCC1. The van der Waals surface area contributed by atoms with Crippen molar-refractivity contribution in [1.82, 2.24) is 10.0 Å². The highest BCUT2D eigenvalue weighted by Gasteiger charge is 2.37. The third-order valence-corrected chi connectivity index (χ3v) is 5.70. The molecule has 2 saturated heterocycles. The Kier molecular flexibility index (Phi) is 5.15. The number of benzene rings is 1. The van der Waals surface area contributed by atoms with Crippen molar-refractivity contribution < 1.29 is 13.9 Å². The number of hydrogen-bond acceptors (Lipinski definition) is 6. The maximum absolute atomic E-state index is 12.8. The summed E-state index contributed by atoms with van der Waals surface area (Å²) in [7, 11) is 0. The molecule has 0 radical (unpaired) electrons. The smallest absolute Gasteiger partial charge is 0.281 e. The van der Waals surface area contributed by atoms with Gasteiger partial charge in [0.05, 0.1) is 23.1 Å². The number of nitrogens with zero attached hydrogens (tertiary/aromatic N) is 2. The molecule has 0 unspecified atom stereocenters. The molecule has 3 heterocycles. The van der Waals surface area contributed by atoms with Crippen LogP contribution in [0.25, 0.3) is 17.4 Å². The highest BCUT2D eigenvalue weighted by Crippen LogP contribution is 2.35. The molecular weight excluding hydrogens is 392 g/mol. The van der Waals surface area contributed by atoms with Crippen LogP contribution in [0.5, 0.6) is 0 Å². The van der Waals surface area contributed by atoms with Crippen LogP contribution in [0.3, 0.4) is 0 Å². The lowest BCUT2D eigenvalue weighted by molar-refractivity contribution is -0.138. The van der Waals surface area contributed by atoms with E-state index in [-0.39, 0.29) is 5.91 Å². The lowest BCUT2D eigenvalue weighted by atomic mass is 10.2. The van der Waals surface area contributed by atoms with E-state index in [4.69, 9.17) is 33.0 Å². The zero-order valence-electron chi connectivity index (χ0n) is 13.7. The minimum atomic E-state index is -0.127. The largest absolute Gasteiger partial charge is 0.457 e. The molecule has 0 atom stereocenters. The van der Waals surface area contributed by atoms with Crippen LogP contribution in [0.1, 0.15) is 5.76 Å². The summed E-state index contributed by atoms with van der Waals surface area (Å²) in [5.74, 6) is 1.12. The number of carbonyl (C=O) groups is 1. The lowest BCUT2D eigenvalue weighted by Gasteiger charge is -2.33. The maximum Gasteiger partial charge on any atom is 0.281 e. The molecule has 0 bridgehead atoms. The van der Waals surface area contributed by atoms with Crippen LogP contribution in [-0.4, -0.2) is 46.5 Å². The quantitative estimate of drug-likeness (QED) is 0.566. The van der Waals surface area contributed by atoms with Gasteiger partial charge >= 0.3 is 0 Å². The molecule has 0 saturated carbocycles. The van der Waals surface area contributed by atoms with E-state index in [0.717, 1.165) is 5.56 Å². The Hall–Kier alpha value is -1.64. The molecule has 2 fully saturated rings. The summed E-state index contributed by atoms with van der Waals surface area (Å²) >= 11 is 12.9. The molecule has 2 aliphatic heterocycles. The fourth-order valence-corrected chi connectivity index (χ4v) is 4.34. The highest BCUT2D eigenvalue weighted by atomic mass is 35.5. The number of carbonyl (C=O) groups excluding carboxylic acids is 1. The van der Waals surface area contributed by atoms with Gasteiger partial charge in [0.2, 0.25) is 0 Å². The van der Waals surface area contributed by atoms with E-state index in [0.29, 0.717) is 52.1 Å². The number of thioether (sulfide) groups is 1. The van der Waals surface area contributed by atoms with E-state index >= 15 is 0 Å². The number of hydrogen-bond donors (Lipinski definition) is 0. The van der Waals surface area contributed by atoms with Gasteiger partial charge < -0.3 is 9.15 Å². The van der Waals surface area contributed by atoms with Crippen LogP contribution in [0, 0.1) is 0 Å². The molecule has 0 spiro atoms. The van der Waals surface area contributed by atoms with Crippen LogP contribution < -0.4 is 0 Å². The minimum Gasteiger partial charge on any atom is -0.457 e. The van der Waals surface area contributed by atoms with Crippen molar-refractivity contribution in [3.05, 3.63) is 52.1 Å². The summed E-state index contributed by atoms with van der Waals surface area (Å²) in [4.78, 5) is 13.3. The molecule has 2 aliphatic rings. The molecule has 5 nitrogen and oxygen atoms in total. The second kappa shape index (κ2) is 7.54. The molecule has 2 aromatic rings. The van der Waals surface area contributed by atoms with Gasteiger partial charge in [0.1, 0.15) is 11.5 Å². The van der Waals surface area contributed by atoms with Gasteiger partial charge in [-0.15, -0.1) is 0 Å². The third kappa shape index (κ3) is 3.45. The Bertz CT molecular complexity index is 890. The monoisotopic (exact) mass is 406 g/mol. The first-order valence-electron chi connectivity index (χ1n) is 8.09. The normalized spacial score (nSPS) is 20.3. The average molecular weight is 407 g/mol. The molecule has 134 valence electrons. The fraction of sp³-hybridized carbons (Fsp3) is 0.222. The number of amides is 1. The Labute approximate surface area is 165 Å². The summed E-state index contributed by atoms with van der Waals surface area (Å²) in [5.41, 5.74) is 0.815. The van der Waals surface area contributed by atoms with Crippen molar-refractivity contribution in [2.75, 3.05) is 26.3 Å². The van der Waals surface area contributed by atoms with Crippen molar-refractivity contribution in [1.29, 1.82) is 0 Å². The van der Waals surface area contributed by atoms with Crippen LogP contribution >= 0.6 is 35.6 Å². The lowest BCUT2D eigenvalue weighted by Crippen LogP contribution is -2.50. The van der Waals surface area contributed by atoms with E-state index in [1.54, 1.807) is 11.1 Å². The zero-order valence-corrected chi connectivity index (χ0v) is 16.1. The van der Waals surface area contributed by atoms with Crippen LogP contribution in [0.2, 0.25) is 5.02 Å². The van der Waals surface area contributed by atoms with Crippen molar-refractivity contribution >= 4 is 51.9 Å². The number of thiocarbonyl (C=S) groups is 1. The van der Waals surface area contributed by atoms with E-state index in [9.17, 15) is 4.79 Å². The molecule has 0 aliphatic carbocycles. The summed E-state index contributed by atoms with van der Waals surface area (Å²) in [6.45, 7) is 2.49. The van der Waals surface area contributed by atoms with Crippen molar-refractivity contribution in [2.24, 2.45) is 0 Å². The Morgan fingerprint density at radius 1 is 1.15 bits per heavy atom. The Morgan fingerprint density at radius 3 is 2.69 bits per heavy atom. The molecule has 8 heteroatoms. The molecule has 1 aromatic carbocycles. The summed E-state index contributed by atoms with van der Waals surface area (Å²) in [6, 6.07) is 11.1. The average Bonchev–Trinajstić information content (AvgIpc) is 3.21. The molecule has 1 aromatic heterocycles. The van der Waals surface area contributed by atoms with Crippen LogP contribution in [-0.2, 0) is 9.53 Å². The number of furan rings is 1. The first-order valence-corrected chi connectivity index (χ1v) is 9.69. The molecule has 1 amide bonds. The molecule has 26 heavy (non-hydrogen) atoms. The number of morpholine rings is 1. The predicted octanol–water partition coefficient (Wildman–Crippen LogP) is 4.05. The van der Waals surface area contributed by atoms with Gasteiger partial charge in [0.25, 0.3) is 5.91 Å². The fourth-order valence-electron chi connectivity index (χ4n) is 2.82. The molecule has 0 N–H and O–H groups in total. The van der Waals surface area contributed by atoms with Gasteiger partial charge in [0.15, 0.2) is 4.32 Å². The van der Waals surface area contributed by atoms with Gasteiger partial charge in [-0.05, 0) is 24.3 Å². The Balaban J connectivity index is 1.56. The molecule has 4 rings (SSSR count). The zero-order chi connectivity index (χ0) is 18.1. The third-order valence-electron chi connectivity index (χ3n) is 4.08. The first kappa shape index (κ1) is 17.8. The van der Waals surface area contributed by atoms with E-state index in [1.807, 2.05) is 41.4 Å². The summed E-state index contributed by atoms with van der Waals surface area (Å²) in [6.07, 6.45) is 1.72. The number of hydrazine groups is 1. The number of halogens is 1. The van der Waals surface area contributed by atoms with Crippen LogP contribution in [0.15, 0.2) is 45.7 Å². The van der Waals surface area contributed by atoms with Gasteiger partial charge in [0, 0.05) is 24.7 Å². The van der Waals surface area contributed by atoms with Crippen molar-refractivity contribution in [3.8, 4) is 11.3 Å². The van der Waals surface area contributed by atoms with Crippen molar-refractivity contribution in [2.45, 2.75) is 0 Å². The Morgan fingerprint density at radius 2 is 1.92 bits per heavy atom. The summed E-state index contributed by atoms with van der Waals surface area (Å²) < 4.78 is 11.7. The van der Waals surface area contributed by atoms with Gasteiger partial charge in [-0.3, -0.25) is 4.79 Å². The topological polar surface area (TPSA) is 45.9 Å². The number of rotatable bonds is 3. The minimum absolute atomic E-state index is 0.127. The first-order chi connectivity index (χ1) is 12.6. The predicted molar refractivity (Wildman–Crippen MR) is 107 cm³/mol. The van der Waals surface area contributed by atoms with E-state index < -0.39 is 0 Å². The second-order valence-corrected chi connectivity index (χ2v) is 7.82. The second-order valence-electron chi connectivity index (χ2n) is 5.74. The van der Waals surface area contributed by atoms with Gasteiger partial charge in [-0.2, -0.15) is 0 Å². The standard InChI is InChI=1S/C18H15ClN2O3S2/c19-14-4-2-1-3-13(14)15-6-5-12(24-15)11-16-17(22)21(18(25)26-16)20-7-9-23-10-8-20/h1-6,11H,7-10H2/b16-11+. The molecular formula is C18H15ClN2O3S2. The summed E-state index contributed by atoms with van der Waals surface area (Å²) in [5, 5.41) is 4.11. The van der Waals surface area contributed by atoms with E-state index in [1.165, 1.54) is 11.8 Å². The van der Waals surface area contributed by atoms with E-state index in [2.05, 4.69) is 0 Å². The number of ether oxygens (including phenoxy) is 1. The van der Waals surface area contributed by atoms with Crippen molar-refractivity contribution in [3.63, 3.8) is 0 Å². The highest BCUT2D eigenvalue weighted by molar-refractivity contribution is 8.26. The van der Waals surface area contributed by atoms with Crippen LogP contribution in [0.4, 0.5) is 0 Å². The van der Waals surface area contributed by atoms with Gasteiger partial charge in [-0.1, -0.05) is 47.7 Å². The maximum atomic E-state index is 12.8. The van der Waals surface area contributed by atoms with Gasteiger partial charge in [-0.25, -0.2) is 10.0 Å².